The number of aromatic nitrogens is 1. The molecule has 2 aromatic heterocycles. The summed E-state index contributed by atoms with van der Waals surface area (Å²) in [5, 5.41) is 0.371. The van der Waals surface area contributed by atoms with Crippen molar-refractivity contribution in [3.63, 3.8) is 0 Å². The minimum Gasteiger partial charge on any atom is -0.235 e. The van der Waals surface area contributed by atoms with Gasteiger partial charge in [-0.25, -0.2) is 13.4 Å². The van der Waals surface area contributed by atoms with Gasteiger partial charge in [-0.3, -0.25) is 0 Å². The van der Waals surface area contributed by atoms with Crippen LogP contribution in [0.25, 0.3) is 10.2 Å². The van der Waals surface area contributed by atoms with Crippen molar-refractivity contribution in [2.45, 2.75) is 4.21 Å². The number of pyridine rings is 1. The molecule has 0 spiro atoms. The maximum absolute atomic E-state index is 11.2. The second-order valence-corrected chi connectivity index (χ2v) is 6.57. The second-order valence-electron chi connectivity index (χ2n) is 2.85. The first-order chi connectivity index (χ1) is 6.47. The van der Waals surface area contributed by atoms with Crippen molar-refractivity contribution in [1.82, 2.24) is 4.98 Å². The fourth-order valence-electron chi connectivity index (χ4n) is 1.06. The molecule has 2 aromatic rings. The first-order valence-corrected chi connectivity index (χ1v) is 6.81. The summed E-state index contributed by atoms with van der Waals surface area (Å²) in [4.78, 5) is 4.02. The Morgan fingerprint density at radius 1 is 1.43 bits per heavy atom. The predicted molar refractivity (Wildman–Crippen MR) is 57.7 cm³/mol. The summed E-state index contributed by atoms with van der Waals surface area (Å²) in [7, 11) is -3.14. The van der Waals surface area contributed by atoms with E-state index in [4.69, 9.17) is 11.6 Å². The Morgan fingerprint density at radius 3 is 2.79 bits per heavy atom. The second kappa shape index (κ2) is 3.18. The van der Waals surface area contributed by atoms with E-state index in [0.29, 0.717) is 14.9 Å². The Bertz CT molecular complexity index is 588. The Morgan fingerprint density at radius 2 is 2.14 bits per heavy atom. The SMILES string of the molecule is CS(=O)(=O)c1cc2nc(Cl)ccc2s1. The van der Waals surface area contributed by atoms with Crippen LogP contribution in [0.4, 0.5) is 0 Å². The number of fused-ring (bicyclic) bond motifs is 1. The predicted octanol–water partition coefficient (Wildman–Crippen LogP) is 2.35. The molecular formula is C8H6ClNO2S2. The van der Waals surface area contributed by atoms with E-state index in [9.17, 15) is 8.42 Å². The first kappa shape index (κ1) is 9.89. The van der Waals surface area contributed by atoms with E-state index in [1.165, 1.54) is 17.6 Å². The number of rotatable bonds is 1. The van der Waals surface area contributed by atoms with E-state index < -0.39 is 9.84 Å². The molecule has 0 bridgehead atoms. The molecular weight excluding hydrogens is 242 g/mol. The van der Waals surface area contributed by atoms with Crippen molar-refractivity contribution in [1.29, 1.82) is 0 Å². The maximum atomic E-state index is 11.2. The molecule has 2 heterocycles. The Balaban J connectivity index is 2.75. The maximum Gasteiger partial charge on any atom is 0.184 e. The number of halogens is 1. The molecule has 0 atom stereocenters. The van der Waals surface area contributed by atoms with Crippen molar-refractivity contribution in [2.75, 3.05) is 6.26 Å². The number of hydrogen-bond acceptors (Lipinski definition) is 4. The molecule has 2 rings (SSSR count). The molecule has 14 heavy (non-hydrogen) atoms. The van der Waals surface area contributed by atoms with Gasteiger partial charge in [0.05, 0.1) is 10.2 Å². The van der Waals surface area contributed by atoms with Gasteiger partial charge in [-0.05, 0) is 18.2 Å². The quantitative estimate of drug-likeness (QED) is 0.727. The van der Waals surface area contributed by atoms with E-state index >= 15 is 0 Å². The van der Waals surface area contributed by atoms with Crippen molar-refractivity contribution in [3.05, 3.63) is 23.4 Å². The van der Waals surface area contributed by atoms with Gasteiger partial charge in [0, 0.05) is 6.26 Å². The van der Waals surface area contributed by atoms with Crippen molar-refractivity contribution in [3.8, 4) is 0 Å². The Hall–Kier alpha value is -0.650. The standard InChI is InChI=1S/C8H6ClNO2S2/c1-14(11,12)8-4-5-6(13-8)2-3-7(9)10-5/h2-4H,1H3. The van der Waals surface area contributed by atoms with E-state index in [2.05, 4.69) is 4.98 Å². The van der Waals surface area contributed by atoms with Crippen LogP contribution in [-0.4, -0.2) is 19.7 Å². The normalized spacial score (nSPS) is 12.1. The summed E-state index contributed by atoms with van der Waals surface area (Å²) in [6.45, 7) is 0. The number of thiophene rings is 1. The lowest BCUT2D eigenvalue weighted by Gasteiger charge is -1.87. The van der Waals surface area contributed by atoms with Gasteiger partial charge in [0.2, 0.25) is 0 Å². The van der Waals surface area contributed by atoms with Gasteiger partial charge in [-0.15, -0.1) is 11.3 Å². The van der Waals surface area contributed by atoms with Crippen LogP contribution in [0.1, 0.15) is 0 Å². The molecule has 0 aliphatic rings. The molecule has 3 nitrogen and oxygen atoms in total. The van der Waals surface area contributed by atoms with Gasteiger partial charge in [-0.1, -0.05) is 11.6 Å². The van der Waals surface area contributed by atoms with Crippen LogP contribution in [0, 0.1) is 0 Å². The average molecular weight is 248 g/mol. The summed E-state index contributed by atoms with van der Waals surface area (Å²) in [6, 6.07) is 4.96. The largest absolute Gasteiger partial charge is 0.235 e. The van der Waals surface area contributed by atoms with Crippen molar-refractivity contribution >= 4 is 43.0 Å². The highest BCUT2D eigenvalue weighted by Crippen LogP contribution is 2.28. The summed E-state index contributed by atoms with van der Waals surface area (Å²) in [5.74, 6) is 0. The van der Waals surface area contributed by atoms with Crippen LogP contribution in [-0.2, 0) is 9.84 Å². The van der Waals surface area contributed by atoms with Crippen LogP contribution in [0.3, 0.4) is 0 Å². The van der Waals surface area contributed by atoms with E-state index in [0.717, 1.165) is 4.70 Å². The zero-order valence-corrected chi connectivity index (χ0v) is 9.58. The minimum atomic E-state index is -3.14. The molecule has 0 saturated heterocycles. The van der Waals surface area contributed by atoms with Gasteiger partial charge >= 0.3 is 0 Å². The Kier molecular flexibility index (Phi) is 2.25. The topological polar surface area (TPSA) is 47.0 Å². The van der Waals surface area contributed by atoms with Crippen LogP contribution in [0.2, 0.25) is 5.15 Å². The molecule has 0 radical (unpaired) electrons. The van der Waals surface area contributed by atoms with Gasteiger partial charge in [0.15, 0.2) is 9.84 Å². The van der Waals surface area contributed by atoms with Gasteiger partial charge in [0.1, 0.15) is 9.36 Å². The highest BCUT2D eigenvalue weighted by Gasteiger charge is 2.12. The van der Waals surface area contributed by atoms with E-state index in [1.54, 1.807) is 18.2 Å². The molecule has 6 heteroatoms. The molecule has 0 N–H and O–H groups in total. The highest BCUT2D eigenvalue weighted by atomic mass is 35.5. The highest BCUT2D eigenvalue weighted by molar-refractivity contribution is 7.92. The smallest absolute Gasteiger partial charge is 0.184 e. The molecule has 0 saturated carbocycles. The molecule has 0 amide bonds. The molecule has 0 aliphatic heterocycles. The third-order valence-corrected chi connectivity index (χ3v) is 4.78. The summed E-state index contributed by atoms with van der Waals surface area (Å²) >= 11 is 6.89. The van der Waals surface area contributed by atoms with Gasteiger partial charge in [-0.2, -0.15) is 0 Å². The van der Waals surface area contributed by atoms with Crippen molar-refractivity contribution < 1.29 is 8.42 Å². The fraction of sp³-hybridized carbons (Fsp3) is 0.125. The van der Waals surface area contributed by atoms with Crippen LogP contribution < -0.4 is 0 Å². The molecule has 74 valence electrons. The molecule has 0 fully saturated rings. The van der Waals surface area contributed by atoms with Crippen molar-refractivity contribution in [2.24, 2.45) is 0 Å². The van der Waals surface area contributed by atoms with Crippen LogP contribution >= 0.6 is 22.9 Å². The average Bonchev–Trinajstić information content (AvgIpc) is 2.45. The fourth-order valence-corrected chi connectivity index (χ4v) is 3.15. The minimum absolute atomic E-state index is 0.322. The third kappa shape index (κ3) is 1.75. The van der Waals surface area contributed by atoms with E-state index in [1.807, 2.05) is 0 Å². The zero-order valence-electron chi connectivity index (χ0n) is 7.19. The van der Waals surface area contributed by atoms with Gasteiger partial charge < -0.3 is 0 Å². The van der Waals surface area contributed by atoms with E-state index in [-0.39, 0.29) is 0 Å². The summed E-state index contributed by atoms with van der Waals surface area (Å²) in [6.07, 6.45) is 1.18. The van der Waals surface area contributed by atoms with Crippen LogP contribution in [0.15, 0.2) is 22.4 Å². The third-order valence-electron chi connectivity index (χ3n) is 1.68. The molecule has 0 aliphatic carbocycles. The molecule has 0 aromatic carbocycles. The summed E-state index contributed by atoms with van der Waals surface area (Å²) < 4.78 is 23.6. The molecule has 0 unspecified atom stereocenters. The Labute approximate surface area is 90.3 Å². The first-order valence-electron chi connectivity index (χ1n) is 3.73. The summed E-state index contributed by atoms with van der Waals surface area (Å²) in [5.41, 5.74) is 0.628. The lowest BCUT2D eigenvalue weighted by molar-refractivity contribution is 0.604. The monoisotopic (exact) mass is 247 g/mol. The van der Waals surface area contributed by atoms with Crippen LogP contribution in [0.5, 0.6) is 0 Å². The van der Waals surface area contributed by atoms with Gasteiger partial charge in [0.25, 0.3) is 0 Å². The number of nitrogens with zero attached hydrogens (tertiary/aromatic N) is 1. The number of hydrogen-bond donors (Lipinski definition) is 0. The lowest BCUT2D eigenvalue weighted by atomic mass is 10.4. The zero-order chi connectivity index (χ0) is 10.3. The number of sulfone groups is 1. The lowest BCUT2D eigenvalue weighted by Crippen LogP contribution is -1.91.